The Kier molecular flexibility index (Phi) is 3.31. The van der Waals surface area contributed by atoms with E-state index in [-0.39, 0.29) is 0 Å². The largest absolute Gasteiger partial charge is 0.465 e. The van der Waals surface area contributed by atoms with Gasteiger partial charge in [0.15, 0.2) is 0 Å². The Morgan fingerprint density at radius 2 is 2.05 bits per heavy atom. The van der Waals surface area contributed by atoms with E-state index in [4.69, 9.17) is 4.74 Å². The number of carbonyl (C=O) groups excluding carboxylic acids is 1. The molecule has 4 nitrogen and oxygen atoms in total. The van der Waals surface area contributed by atoms with E-state index in [1.165, 1.54) is 7.11 Å². The lowest BCUT2D eigenvalue weighted by molar-refractivity contribution is 0.0603. The summed E-state index contributed by atoms with van der Waals surface area (Å²) in [7, 11) is 1.35. The van der Waals surface area contributed by atoms with Crippen molar-refractivity contribution in [2.24, 2.45) is 0 Å². The Hall–Kier alpha value is -2.46. The summed E-state index contributed by atoms with van der Waals surface area (Å²) < 4.78 is 4.89. The third kappa shape index (κ3) is 2.23. The van der Waals surface area contributed by atoms with Crippen LogP contribution in [0.5, 0.6) is 0 Å². The average molecular weight is 281 g/mol. The van der Waals surface area contributed by atoms with E-state index < -0.39 is 12.1 Å². The molecule has 0 aliphatic carbocycles. The molecule has 0 saturated carbocycles. The standard InChI is InChI=1S/C17H15NO3/c1-10(19)11-7-12-9-18-15-6-4-3-5-13(15)16(12)14(8-11)17(20)21-2/h3-10,19H,1-2H3. The van der Waals surface area contributed by atoms with Crippen molar-refractivity contribution < 1.29 is 14.6 Å². The molecule has 3 rings (SSSR count). The van der Waals surface area contributed by atoms with Crippen molar-refractivity contribution in [1.29, 1.82) is 0 Å². The zero-order valence-electron chi connectivity index (χ0n) is 11.8. The van der Waals surface area contributed by atoms with Gasteiger partial charge in [-0.1, -0.05) is 18.2 Å². The Balaban J connectivity index is 2.47. The smallest absolute Gasteiger partial charge is 0.338 e. The molecular formula is C17H15NO3. The highest BCUT2D eigenvalue weighted by Gasteiger charge is 2.16. The number of pyridine rings is 1. The van der Waals surface area contributed by atoms with E-state index in [0.29, 0.717) is 11.1 Å². The normalized spacial score (nSPS) is 12.5. The SMILES string of the molecule is COC(=O)c1cc(C(C)O)cc2cnc3ccccc3c12. The quantitative estimate of drug-likeness (QED) is 0.578. The predicted molar refractivity (Wildman–Crippen MR) is 81.2 cm³/mol. The summed E-state index contributed by atoms with van der Waals surface area (Å²) in [5.74, 6) is -0.418. The number of esters is 1. The first-order valence-corrected chi connectivity index (χ1v) is 6.69. The lowest BCUT2D eigenvalue weighted by atomic mass is 9.97. The third-order valence-corrected chi connectivity index (χ3v) is 3.60. The Morgan fingerprint density at radius 3 is 2.76 bits per heavy atom. The number of rotatable bonds is 2. The molecule has 2 aromatic carbocycles. The minimum atomic E-state index is -0.663. The molecule has 1 N–H and O–H groups in total. The first kappa shape index (κ1) is 13.5. The zero-order valence-corrected chi connectivity index (χ0v) is 11.8. The van der Waals surface area contributed by atoms with Gasteiger partial charge < -0.3 is 9.84 Å². The first-order valence-electron chi connectivity index (χ1n) is 6.69. The molecule has 0 radical (unpaired) electrons. The van der Waals surface area contributed by atoms with Crippen LogP contribution in [0.15, 0.2) is 42.6 Å². The third-order valence-electron chi connectivity index (χ3n) is 3.60. The van der Waals surface area contributed by atoms with Crippen LogP contribution in [-0.2, 0) is 4.74 Å². The van der Waals surface area contributed by atoms with Crippen LogP contribution in [0.1, 0.15) is 28.9 Å². The second-order valence-electron chi connectivity index (χ2n) is 4.98. The summed E-state index contributed by atoms with van der Waals surface area (Å²) in [6, 6.07) is 11.2. The number of hydrogen-bond donors (Lipinski definition) is 1. The van der Waals surface area contributed by atoms with Crippen LogP contribution in [0.4, 0.5) is 0 Å². The van der Waals surface area contributed by atoms with Gasteiger partial charge in [0.05, 0.1) is 24.3 Å². The molecule has 4 heteroatoms. The van der Waals surface area contributed by atoms with Gasteiger partial charge >= 0.3 is 5.97 Å². The summed E-state index contributed by atoms with van der Waals surface area (Å²) in [6.07, 6.45) is 1.06. The van der Waals surface area contributed by atoms with E-state index in [2.05, 4.69) is 4.98 Å². The van der Waals surface area contributed by atoms with Crippen molar-refractivity contribution in [2.75, 3.05) is 7.11 Å². The lowest BCUT2D eigenvalue weighted by Gasteiger charge is -2.12. The van der Waals surface area contributed by atoms with E-state index in [0.717, 1.165) is 21.7 Å². The maximum atomic E-state index is 12.1. The number of methoxy groups -OCH3 is 1. The van der Waals surface area contributed by atoms with E-state index in [9.17, 15) is 9.90 Å². The molecule has 0 bridgehead atoms. The molecule has 1 atom stereocenters. The van der Waals surface area contributed by atoms with E-state index in [1.54, 1.807) is 19.2 Å². The number of benzene rings is 2. The number of fused-ring (bicyclic) bond motifs is 3. The van der Waals surface area contributed by atoms with Gasteiger partial charge in [-0.2, -0.15) is 0 Å². The molecule has 21 heavy (non-hydrogen) atoms. The highest BCUT2D eigenvalue weighted by molar-refractivity contribution is 6.15. The molecule has 1 unspecified atom stereocenters. The van der Waals surface area contributed by atoms with Gasteiger partial charge in [-0.15, -0.1) is 0 Å². The number of aliphatic hydroxyl groups is 1. The predicted octanol–water partition coefficient (Wildman–Crippen LogP) is 3.23. The number of para-hydroxylation sites is 1. The molecule has 0 aliphatic rings. The summed E-state index contributed by atoms with van der Waals surface area (Å²) in [4.78, 5) is 16.5. The fraction of sp³-hybridized carbons (Fsp3) is 0.176. The lowest BCUT2D eigenvalue weighted by Crippen LogP contribution is -2.05. The van der Waals surface area contributed by atoms with Crippen LogP contribution in [0, 0.1) is 0 Å². The highest BCUT2D eigenvalue weighted by Crippen LogP contribution is 2.30. The van der Waals surface area contributed by atoms with Crippen LogP contribution in [0.3, 0.4) is 0 Å². The van der Waals surface area contributed by atoms with Gasteiger partial charge in [0.1, 0.15) is 0 Å². The summed E-state index contributed by atoms with van der Waals surface area (Å²) in [5.41, 5.74) is 1.93. The molecule has 106 valence electrons. The van der Waals surface area contributed by atoms with Gasteiger partial charge in [-0.3, -0.25) is 4.98 Å². The number of nitrogens with zero attached hydrogens (tertiary/aromatic N) is 1. The Labute approximate surface area is 122 Å². The number of aliphatic hydroxyl groups excluding tert-OH is 1. The maximum absolute atomic E-state index is 12.1. The maximum Gasteiger partial charge on any atom is 0.338 e. The number of carbonyl (C=O) groups is 1. The summed E-state index contributed by atoms with van der Waals surface area (Å²) in [5, 5.41) is 12.3. The van der Waals surface area contributed by atoms with Crippen molar-refractivity contribution in [2.45, 2.75) is 13.0 Å². The second-order valence-corrected chi connectivity index (χ2v) is 4.98. The highest BCUT2D eigenvalue weighted by atomic mass is 16.5. The minimum Gasteiger partial charge on any atom is -0.465 e. The van der Waals surface area contributed by atoms with Crippen LogP contribution in [0.2, 0.25) is 0 Å². The zero-order chi connectivity index (χ0) is 15.0. The van der Waals surface area contributed by atoms with Gasteiger partial charge in [0.2, 0.25) is 0 Å². The van der Waals surface area contributed by atoms with E-state index in [1.807, 2.05) is 30.3 Å². The summed E-state index contributed by atoms with van der Waals surface area (Å²) in [6.45, 7) is 1.66. The van der Waals surface area contributed by atoms with Crippen molar-refractivity contribution in [3.05, 3.63) is 53.7 Å². The molecule has 0 aliphatic heterocycles. The van der Waals surface area contributed by atoms with Crippen molar-refractivity contribution in [3.8, 4) is 0 Å². The van der Waals surface area contributed by atoms with Gasteiger partial charge in [0.25, 0.3) is 0 Å². The number of hydrogen-bond acceptors (Lipinski definition) is 4. The summed E-state index contributed by atoms with van der Waals surface area (Å²) >= 11 is 0. The number of aromatic nitrogens is 1. The van der Waals surface area contributed by atoms with Crippen molar-refractivity contribution in [3.63, 3.8) is 0 Å². The van der Waals surface area contributed by atoms with Gasteiger partial charge in [0, 0.05) is 22.4 Å². The van der Waals surface area contributed by atoms with Gasteiger partial charge in [-0.05, 0) is 30.7 Å². The van der Waals surface area contributed by atoms with E-state index >= 15 is 0 Å². The molecule has 0 amide bonds. The first-order chi connectivity index (χ1) is 10.1. The minimum absolute atomic E-state index is 0.418. The number of ether oxygens (including phenoxy) is 1. The molecular weight excluding hydrogens is 266 g/mol. The van der Waals surface area contributed by atoms with Crippen LogP contribution in [-0.4, -0.2) is 23.2 Å². The Morgan fingerprint density at radius 1 is 1.29 bits per heavy atom. The molecule has 0 saturated heterocycles. The molecule has 0 fully saturated rings. The van der Waals surface area contributed by atoms with Crippen LogP contribution in [0.25, 0.3) is 21.7 Å². The fourth-order valence-corrected chi connectivity index (χ4v) is 2.54. The fourth-order valence-electron chi connectivity index (χ4n) is 2.54. The van der Waals surface area contributed by atoms with Crippen LogP contribution < -0.4 is 0 Å². The van der Waals surface area contributed by atoms with Crippen molar-refractivity contribution in [1.82, 2.24) is 4.98 Å². The van der Waals surface area contributed by atoms with Crippen LogP contribution >= 0.6 is 0 Å². The van der Waals surface area contributed by atoms with Gasteiger partial charge in [-0.25, -0.2) is 4.79 Å². The Bertz CT molecular complexity index is 840. The molecule has 0 spiro atoms. The topological polar surface area (TPSA) is 59.4 Å². The monoisotopic (exact) mass is 281 g/mol. The molecule has 1 heterocycles. The van der Waals surface area contributed by atoms with Crippen molar-refractivity contribution >= 4 is 27.6 Å². The molecule has 3 aromatic rings. The molecule has 1 aromatic heterocycles. The average Bonchev–Trinajstić information content (AvgIpc) is 2.52. The second kappa shape index (κ2) is 5.14.